The normalized spacial score (nSPS) is 11.5. The zero-order chi connectivity index (χ0) is 30.5. The van der Waals surface area contributed by atoms with Crippen molar-refractivity contribution < 1.29 is 0 Å². The van der Waals surface area contributed by atoms with Gasteiger partial charge in [-0.2, -0.15) is 0 Å². The molecule has 0 unspecified atom stereocenters. The topological polar surface area (TPSA) is 3.24 Å². The molecule has 1 heterocycles. The molecule has 0 spiro atoms. The fraction of sp³-hybridized carbons (Fsp3) is 0. The molecular formula is C44H29NS. The first-order valence-corrected chi connectivity index (χ1v) is 16.5. The molecule has 0 saturated carbocycles. The van der Waals surface area contributed by atoms with Gasteiger partial charge in [0.2, 0.25) is 0 Å². The molecule has 0 bridgehead atoms. The van der Waals surface area contributed by atoms with Gasteiger partial charge in [0.05, 0.1) is 5.69 Å². The maximum absolute atomic E-state index is 2.40. The van der Waals surface area contributed by atoms with E-state index in [0.717, 1.165) is 17.1 Å². The predicted octanol–water partition coefficient (Wildman–Crippen LogP) is 13.2. The minimum atomic E-state index is 1.12. The molecule has 8 aromatic carbocycles. The van der Waals surface area contributed by atoms with E-state index in [-0.39, 0.29) is 0 Å². The van der Waals surface area contributed by atoms with Gasteiger partial charge >= 0.3 is 0 Å². The second-order valence-corrected chi connectivity index (χ2v) is 12.8. The van der Waals surface area contributed by atoms with Gasteiger partial charge in [0.25, 0.3) is 0 Å². The van der Waals surface area contributed by atoms with E-state index in [4.69, 9.17) is 0 Å². The van der Waals surface area contributed by atoms with Crippen molar-refractivity contribution >= 4 is 70.1 Å². The molecule has 0 aliphatic rings. The standard InChI is InChI=1S/C44H29NS/c1-2-12-33-28-35(23-22-30(33)10-1)34-14-7-15-37(29-34)45(42-20-8-13-31-11-3-4-16-38(31)42)36-26-24-32(25-27-36)39-18-9-19-41-40-17-5-6-21-43(40)46-44(39)41/h1-29H. The fourth-order valence-corrected chi connectivity index (χ4v) is 8.03. The van der Waals surface area contributed by atoms with Crippen molar-refractivity contribution in [2.45, 2.75) is 0 Å². The third kappa shape index (κ3) is 4.54. The summed E-state index contributed by atoms with van der Waals surface area (Å²) >= 11 is 1.88. The summed E-state index contributed by atoms with van der Waals surface area (Å²) in [7, 11) is 0. The highest BCUT2D eigenvalue weighted by atomic mass is 32.1. The molecule has 216 valence electrons. The van der Waals surface area contributed by atoms with Crippen molar-refractivity contribution in [3.63, 3.8) is 0 Å². The monoisotopic (exact) mass is 603 g/mol. The summed E-state index contributed by atoms with van der Waals surface area (Å²) < 4.78 is 2.67. The third-order valence-corrected chi connectivity index (χ3v) is 10.3. The van der Waals surface area contributed by atoms with E-state index in [1.54, 1.807) is 0 Å². The van der Waals surface area contributed by atoms with Gasteiger partial charge in [-0.15, -0.1) is 11.3 Å². The van der Waals surface area contributed by atoms with E-state index in [9.17, 15) is 0 Å². The Morgan fingerprint density at radius 1 is 0.370 bits per heavy atom. The lowest BCUT2D eigenvalue weighted by Gasteiger charge is -2.27. The highest BCUT2D eigenvalue weighted by Crippen LogP contribution is 2.43. The molecule has 2 heteroatoms. The minimum Gasteiger partial charge on any atom is -0.310 e. The van der Waals surface area contributed by atoms with Crippen LogP contribution in [0.25, 0.3) is 64.0 Å². The second kappa shape index (κ2) is 11.0. The zero-order valence-electron chi connectivity index (χ0n) is 25.1. The number of thiophene rings is 1. The first-order chi connectivity index (χ1) is 22.8. The fourth-order valence-electron chi connectivity index (χ4n) is 6.79. The van der Waals surface area contributed by atoms with Crippen LogP contribution in [0.5, 0.6) is 0 Å². The molecule has 1 aromatic heterocycles. The van der Waals surface area contributed by atoms with Crippen LogP contribution in [0.15, 0.2) is 176 Å². The molecule has 0 aliphatic carbocycles. The first kappa shape index (κ1) is 26.7. The Labute approximate surface area is 272 Å². The average molecular weight is 604 g/mol. The van der Waals surface area contributed by atoms with Crippen LogP contribution in [-0.4, -0.2) is 0 Å². The van der Waals surface area contributed by atoms with E-state index in [0.29, 0.717) is 0 Å². The molecule has 46 heavy (non-hydrogen) atoms. The van der Waals surface area contributed by atoms with E-state index in [2.05, 4.69) is 181 Å². The molecule has 0 atom stereocenters. The van der Waals surface area contributed by atoms with Gasteiger partial charge in [0.1, 0.15) is 0 Å². The van der Waals surface area contributed by atoms with Gasteiger partial charge in [-0.3, -0.25) is 0 Å². The van der Waals surface area contributed by atoms with Crippen LogP contribution in [0.1, 0.15) is 0 Å². The van der Waals surface area contributed by atoms with Gasteiger partial charge in [-0.1, -0.05) is 133 Å². The van der Waals surface area contributed by atoms with Crippen molar-refractivity contribution in [3.8, 4) is 22.3 Å². The number of anilines is 3. The lowest BCUT2D eigenvalue weighted by molar-refractivity contribution is 1.30. The lowest BCUT2D eigenvalue weighted by Crippen LogP contribution is -2.10. The van der Waals surface area contributed by atoms with Crippen LogP contribution >= 0.6 is 11.3 Å². The Morgan fingerprint density at radius 2 is 1.02 bits per heavy atom. The summed E-state index contributed by atoms with van der Waals surface area (Å²) in [5.74, 6) is 0. The average Bonchev–Trinajstić information content (AvgIpc) is 3.51. The number of nitrogens with zero attached hydrogens (tertiary/aromatic N) is 1. The van der Waals surface area contributed by atoms with Crippen LogP contribution < -0.4 is 4.90 Å². The molecule has 1 nitrogen and oxygen atoms in total. The van der Waals surface area contributed by atoms with Gasteiger partial charge in [0, 0.05) is 36.9 Å². The molecular weight excluding hydrogens is 575 g/mol. The summed E-state index contributed by atoms with van der Waals surface area (Å²) in [6.07, 6.45) is 0. The summed E-state index contributed by atoms with van der Waals surface area (Å²) in [5.41, 5.74) is 8.32. The van der Waals surface area contributed by atoms with Gasteiger partial charge in [0.15, 0.2) is 0 Å². The largest absolute Gasteiger partial charge is 0.310 e. The van der Waals surface area contributed by atoms with E-state index in [1.807, 2.05) is 11.3 Å². The molecule has 0 radical (unpaired) electrons. The summed E-state index contributed by atoms with van der Waals surface area (Å²) in [5, 5.41) is 7.61. The van der Waals surface area contributed by atoms with Crippen molar-refractivity contribution in [2.75, 3.05) is 4.90 Å². The molecule has 0 saturated heterocycles. The molecule has 0 aliphatic heterocycles. The van der Waals surface area contributed by atoms with E-state index in [1.165, 1.54) is 64.0 Å². The number of rotatable bonds is 5. The van der Waals surface area contributed by atoms with E-state index >= 15 is 0 Å². The molecule has 9 rings (SSSR count). The van der Waals surface area contributed by atoms with Gasteiger partial charge in [-0.25, -0.2) is 0 Å². The van der Waals surface area contributed by atoms with Gasteiger partial charge < -0.3 is 4.90 Å². The number of fused-ring (bicyclic) bond motifs is 5. The smallest absolute Gasteiger partial charge is 0.0540 e. The molecule has 0 N–H and O–H groups in total. The maximum atomic E-state index is 2.40. The summed E-state index contributed by atoms with van der Waals surface area (Å²) in [6, 6.07) is 64.0. The molecule has 0 amide bonds. The number of hydrogen-bond donors (Lipinski definition) is 0. The minimum absolute atomic E-state index is 1.12. The lowest BCUT2D eigenvalue weighted by atomic mass is 9.99. The molecule has 0 fully saturated rings. The number of hydrogen-bond acceptors (Lipinski definition) is 2. The summed E-state index contributed by atoms with van der Waals surface area (Å²) in [6.45, 7) is 0. The molecule has 9 aromatic rings. The first-order valence-electron chi connectivity index (χ1n) is 15.7. The maximum Gasteiger partial charge on any atom is 0.0540 e. The quantitative estimate of drug-likeness (QED) is 0.189. The Kier molecular flexibility index (Phi) is 6.40. The van der Waals surface area contributed by atoms with Crippen molar-refractivity contribution in [1.82, 2.24) is 0 Å². The van der Waals surface area contributed by atoms with Crippen LogP contribution in [0, 0.1) is 0 Å². The van der Waals surface area contributed by atoms with E-state index < -0.39 is 0 Å². The van der Waals surface area contributed by atoms with Crippen molar-refractivity contribution in [3.05, 3.63) is 176 Å². The zero-order valence-corrected chi connectivity index (χ0v) is 25.9. The predicted molar refractivity (Wildman–Crippen MR) is 200 cm³/mol. The summed E-state index contributed by atoms with van der Waals surface area (Å²) in [4.78, 5) is 2.40. The van der Waals surface area contributed by atoms with Crippen LogP contribution in [0.4, 0.5) is 17.1 Å². The van der Waals surface area contributed by atoms with Crippen molar-refractivity contribution in [2.24, 2.45) is 0 Å². The Balaban J connectivity index is 1.19. The second-order valence-electron chi connectivity index (χ2n) is 11.8. The number of benzene rings is 8. The highest BCUT2D eigenvalue weighted by molar-refractivity contribution is 7.26. The Hall–Kier alpha value is -5.70. The van der Waals surface area contributed by atoms with Gasteiger partial charge in [-0.05, 0) is 80.9 Å². The van der Waals surface area contributed by atoms with Crippen LogP contribution in [0.2, 0.25) is 0 Å². The SMILES string of the molecule is c1cc(-c2ccc3ccccc3c2)cc(N(c2ccc(-c3cccc4c3sc3ccccc34)cc2)c2cccc3ccccc23)c1. The third-order valence-electron chi connectivity index (χ3n) is 9.04. The van der Waals surface area contributed by atoms with Crippen LogP contribution in [0.3, 0.4) is 0 Å². The Morgan fingerprint density at radius 3 is 1.91 bits per heavy atom. The highest BCUT2D eigenvalue weighted by Gasteiger charge is 2.17. The Bertz CT molecular complexity index is 2530. The van der Waals surface area contributed by atoms with Crippen molar-refractivity contribution in [1.29, 1.82) is 0 Å². The van der Waals surface area contributed by atoms with Crippen LogP contribution in [-0.2, 0) is 0 Å².